The molecule has 27 heavy (non-hydrogen) atoms. The van der Waals surface area contributed by atoms with Crippen LogP contribution in [0.1, 0.15) is 19.8 Å². The quantitative estimate of drug-likeness (QED) is 0.493. The van der Waals surface area contributed by atoms with E-state index in [2.05, 4.69) is 26.2 Å². The molecule has 8 heteroatoms. The predicted molar refractivity (Wildman–Crippen MR) is 105 cm³/mol. The van der Waals surface area contributed by atoms with Gasteiger partial charge in [0.1, 0.15) is 5.82 Å². The molecule has 3 aromatic rings. The van der Waals surface area contributed by atoms with Crippen molar-refractivity contribution in [3.8, 4) is 11.5 Å². The fourth-order valence-electron chi connectivity index (χ4n) is 2.45. The minimum atomic E-state index is -3.93. The lowest BCUT2D eigenvalue weighted by molar-refractivity contribution is 0.566. The third kappa shape index (κ3) is 4.22. The molecule has 3 rings (SSSR count). The number of halogens is 2. The monoisotopic (exact) mass is 452 g/mol. The van der Waals surface area contributed by atoms with E-state index in [1.165, 1.54) is 24.3 Å². The van der Waals surface area contributed by atoms with Crippen LogP contribution in [-0.2, 0) is 9.84 Å². The summed E-state index contributed by atoms with van der Waals surface area (Å²) in [4.78, 5) is 4.20. The third-order valence-corrected chi connectivity index (χ3v) is 6.10. The Morgan fingerprint density at radius 2 is 1.85 bits per heavy atom. The van der Waals surface area contributed by atoms with Crippen LogP contribution in [0, 0.1) is 5.82 Å². The van der Waals surface area contributed by atoms with Crippen LogP contribution in [0.25, 0.3) is 11.5 Å². The predicted octanol–water partition coefficient (Wildman–Crippen LogP) is 5.29. The van der Waals surface area contributed by atoms with E-state index in [4.69, 9.17) is 4.42 Å². The van der Waals surface area contributed by atoms with E-state index in [9.17, 15) is 12.8 Å². The number of nitrogens with zero attached hydrogens (tertiary/aromatic N) is 1. The van der Waals surface area contributed by atoms with Crippen LogP contribution < -0.4 is 5.32 Å². The van der Waals surface area contributed by atoms with Crippen LogP contribution in [0.15, 0.2) is 67.3 Å². The van der Waals surface area contributed by atoms with E-state index in [1.54, 1.807) is 24.3 Å². The number of aromatic nitrogens is 1. The summed E-state index contributed by atoms with van der Waals surface area (Å²) in [5.74, 6) is -0.598. The fraction of sp³-hybridized carbons (Fsp3) is 0.211. The topological polar surface area (TPSA) is 72.2 Å². The Morgan fingerprint density at radius 1 is 1.15 bits per heavy atom. The Morgan fingerprint density at radius 3 is 2.52 bits per heavy atom. The molecular weight excluding hydrogens is 435 g/mol. The van der Waals surface area contributed by atoms with Gasteiger partial charge < -0.3 is 9.73 Å². The number of unbranched alkanes of at least 4 members (excludes halogenated alkanes) is 1. The molecule has 1 aromatic heterocycles. The zero-order chi connectivity index (χ0) is 19.4. The molecule has 0 aliphatic rings. The second-order valence-electron chi connectivity index (χ2n) is 5.87. The van der Waals surface area contributed by atoms with Gasteiger partial charge in [-0.15, -0.1) is 0 Å². The zero-order valence-electron chi connectivity index (χ0n) is 14.6. The van der Waals surface area contributed by atoms with Gasteiger partial charge >= 0.3 is 0 Å². The van der Waals surface area contributed by atoms with Crippen molar-refractivity contribution in [2.45, 2.75) is 29.7 Å². The molecule has 0 spiro atoms. The molecular formula is C19H18BrFN2O3S. The maximum Gasteiger partial charge on any atom is 0.233 e. The molecule has 0 aliphatic carbocycles. The highest BCUT2D eigenvalue weighted by atomic mass is 79.9. The molecule has 142 valence electrons. The Labute approximate surface area is 165 Å². The van der Waals surface area contributed by atoms with Gasteiger partial charge in [0.05, 0.1) is 10.5 Å². The fourth-order valence-corrected chi connectivity index (χ4v) is 4.00. The SMILES string of the molecule is CCCCNc1oc(-c2ccccc2F)nc1S(=O)(=O)c1ccc(Br)cc1. The molecule has 0 saturated heterocycles. The van der Waals surface area contributed by atoms with Gasteiger partial charge in [-0.2, -0.15) is 4.98 Å². The summed E-state index contributed by atoms with van der Waals surface area (Å²) in [5, 5.41) is 2.72. The number of rotatable bonds is 7. The summed E-state index contributed by atoms with van der Waals surface area (Å²) >= 11 is 3.28. The summed E-state index contributed by atoms with van der Waals surface area (Å²) in [6.45, 7) is 2.54. The van der Waals surface area contributed by atoms with Gasteiger partial charge in [-0.25, -0.2) is 12.8 Å². The lowest BCUT2D eigenvalue weighted by atomic mass is 10.2. The number of hydrogen-bond donors (Lipinski definition) is 1. The molecule has 1 heterocycles. The second kappa shape index (κ2) is 8.22. The largest absolute Gasteiger partial charge is 0.419 e. The third-order valence-electron chi connectivity index (χ3n) is 3.89. The van der Waals surface area contributed by atoms with Crippen LogP contribution >= 0.6 is 15.9 Å². The Bertz CT molecular complexity index is 1030. The molecule has 1 N–H and O–H groups in total. The Kier molecular flexibility index (Phi) is 5.96. The first-order valence-electron chi connectivity index (χ1n) is 8.43. The van der Waals surface area contributed by atoms with E-state index >= 15 is 0 Å². The number of hydrogen-bond acceptors (Lipinski definition) is 5. The highest BCUT2D eigenvalue weighted by molar-refractivity contribution is 9.10. The normalized spacial score (nSPS) is 11.5. The Hall–Kier alpha value is -2.19. The van der Waals surface area contributed by atoms with Crippen LogP contribution in [0.2, 0.25) is 0 Å². The number of anilines is 1. The number of oxazole rings is 1. The molecule has 0 aliphatic heterocycles. The summed E-state index contributed by atoms with van der Waals surface area (Å²) < 4.78 is 46.6. The van der Waals surface area contributed by atoms with Crippen molar-refractivity contribution in [3.05, 3.63) is 58.8 Å². The first kappa shape index (κ1) is 19.6. The second-order valence-corrected chi connectivity index (χ2v) is 8.65. The molecule has 0 saturated carbocycles. The minimum Gasteiger partial charge on any atom is -0.419 e. The van der Waals surface area contributed by atoms with Crippen LogP contribution in [-0.4, -0.2) is 19.9 Å². The summed E-state index contributed by atoms with van der Waals surface area (Å²) in [6.07, 6.45) is 1.75. The highest BCUT2D eigenvalue weighted by Crippen LogP contribution is 2.33. The van der Waals surface area contributed by atoms with Gasteiger partial charge in [0.25, 0.3) is 0 Å². The number of sulfone groups is 1. The lowest BCUT2D eigenvalue weighted by Crippen LogP contribution is -2.08. The molecule has 0 radical (unpaired) electrons. The van der Waals surface area contributed by atoms with Gasteiger partial charge in [0.15, 0.2) is 0 Å². The number of nitrogens with one attached hydrogen (secondary N) is 1. The molecule has 0 amide bonds. The average molecular weight is 453 g/mol. The van der Waals surface area contributed by atoms with Gasteiger partial charge in [0, 0.05) is 11.0 Å². The number of benzene rings is 2. The van der Waals surface area contributed by atoms with Gasteiger partial charge in [-0.05, 0) is 42.8 Å². The summed E-state index contributed by atoms with van der Waals surface area (Å²) in [5.41, 5.74) is 0.105. The summed E-state index contributed by atoms with van der Waals surface area (Å²) in [6, 6.07) is 12.2. The highest BCUT2D eigenvalue weighted by Gasteiger charge is 2.29. The van der Waals surface area contributed by atoms with Crippen molar-refractivity contribution in [2.24, 2.45) is 0 Å². The van der Waals surface area contributed by atoms with Crippen LogP contribution in [0.5, 0.6) is 0 Å². The Balaban J connectivity index is 2.09. The standard InChI is InChI=1S/C19H18BrFN2O3S/c1-2-3-12-22-18-19(27(24,25)14-10-8-13(20)9-11-14)23-17(26-18)15-6-4-5-7-16(15)21/h4-11,22H,2-3,12H2,1H3. The van der Waals surface area contributed by atoms with Gasteiger partial charge in [-0.1, -0.05) is 41.4 Å². The van der Waals surface area contributed by atoms with Crippen molar-refractivity contribution < 1.29 is 17.2 Å². The van der Waals surface area contributed by atoms with Crippen LogP contribution in [0.3, 0.4) is 0 Å². The van der Waals surface area contributed by atoms with Crippen molar-refractivity contribution in [3.63, 3.8) is 0 Å². The van der Waals surface area contributed by atoms with Crippen molar-refractivity contribution in [1.82, 2.24) is 4.98 Å². The van der Waals surface area contributed by atoms with Crippen molar-refractivity contribution >= 4 is 31.7 Å². The smallest absolute Gasteiger partial charge is 0.233 e. The molecule has 0 atom stereocenters. The minimum absolute atomic E-state index is 0.0182. The summed E-state index contributed by atoms with van der Waals surface area (Å²) in [7, 11) is -3.93. The molecule has 0 unspecified atom stereocenters. The van der Waals surface area contributed by atoms with E-state index in [0.717, 1.165) is 17.3 Å². The van der Waals surface area contributed by atoms with E-state index in [0.29, 0.717) is 6.54 Å². The molecule has 0 bridgehead atoms. The maximum atomic E-state index is 14.1. The first-order valence-corrected chi connectivity index (χ1v) is 10.7. The van der Waals surface area contributed by atoms with E-state index in [1.807, 2.05) is 6.92 Å². The van der Waals surface area contributed by atoms with Gasteiger partial charge in [-0.3, -0.25) is 0 Å². The van der Waals surface area contributed by atoms with E-state index in [-0.39, 0.29) is 27.3 Å². The maximum absolute atomic E-state index is 14.1. The average Bonchev–Trinajstić information content (AvgIpc) is 3.07. The van der Waals surface area contributed by atoms with Crippen molar-refractivity contribution in [1.29, 1.82) is 0 Å². The van der Waals surface area contributed by atoms with E-state index < -0.39 is 15.7 Å². The molecule has 0 fully saturated rings. The van der Waals surface area contributed by atoms with Gasteiger partial charge in [0.2, 0.25) is 26.6 Å². The first-order chi connectivity index (χ1) is 12.9. The molecule has 5 nitrogen and oxygen atoms in total. The van der Waals surface area contributed by atoms with Crippen molar-refractivity contribution in [2.75, 3.05) is 11.9 Å². The van der Waals surface area contributed by atoms with Crippen LogP contribution in [0.4, 0.5) is 10.3 Å². The molecule has 2 aromatic carbocycles. The zero-order valence-corrected chi connectivity index (χ0v) is 17.0. The lowest BCUT2D eigenvalue weighted by Gasteiger charge is -2.05.